The van der Waals surface area contributed by atoms with Gasteiger partial charge in [0.05, 0.1) is 0 Å². The summed E-state index contributed by atoms with van der Waals surface area (Å²) in [6.07, 6.45) is -26.6. The van der Waals surface area contributed by atoms with Crippen molar-refractivity contribution in [2.45, 2.75) is 36.2 Å². The largest absolute Gasteiger partial charge is 0.458 e. The Labute approximate surface area is 132 Å². The molecule has 0 radical (unpaired) electrons. The molecule has 0 aromatic heterocycles. The smallest absolute Gasteiger partial charge is 0.302 e. The predicted molar refractivity (Wildman–Crippen MR) is 46.0 cm³/mol. The van der Waals surface area contributed by atoms with Crippen LogP contribution in [0.15, 0.2) is 0 Å². The first-order valence-corrected chi connectivity index (χ1v) is 5.40. The molecule has 0 atom stereocenters. The second kappa shape index (κ2) is 7.47. The fourth-order valence-electron chi connectivity index (χ4n) is 0.913. The van der Waals surface area contributed by atoms with E-state index in [0.29, 0.717) is 0 Å². The Kier molecular flexibility index (Phi) is 7.14. The van der Waals surface area contributed by atoms with E-state index in [1.54, 1.807) is 0 Å². The predicted octanol–water partition coefficient (Wildman–Crippen LogP) is 4.46. The number of alkyl halides is 14. The van der Waals surface area contributed by atoms with Crippen LogP contribution >= 0.6 is 0 Å². The van der Waals surface area contributed by atoms with Gasteiger partial charge < -0.3 is 4.74 Å². The first-order chi connectivity index (χ1) is 11.2. The Balaban J connectivity index is 4.69. The molecule has 0 aliphatic heterocycles. The molecule has 0 spiro atoms. The zero-order valence-corrected chi connectivity index (χ0v) is 11.3. The van der Waals surface area contributed by atoms with Crippen LogP contribution in [0.4, 0.5) is 61.5 Å². The molecule has 0 unspecified atom stereocenters. The summed E-state index contributed by atoms with van der Waals surface area (Å²) in [5.41, 5.74) is -6.02. The monoisotopic (exact) mass is 430 g/mol. The maximum absolute atomic E-state index is 12.9. The second-order valence-corrected chi connectivity index (χ2v) is 4.10. The van der Waals surface area contributed by atoms with Crippen LogP contribution in [-0.4, -0.2) is 49.6 Å². The highest BCUT2D eigenvalue weighted by Gasteiger charge is 2.75. The average molecular weight is 430 g/mol. The van der Waals surface area contributed by atoms with E-state index in [2.05, 4.69) is 19.6 Å². The molecule has 0 aliphatic carbocycles. The van der Waals surface area contributed by atoms with Crippen LogP contribution in [0.2, 0.25) is 0 Å². The van der Waals surface area contributed by atoms with Crippen molar-refractivity contribution in [2.75, 3.05) is 13.4 Å². The van der Waals surface area contributed by atoms with Crippen molar-refractivity contribution in [2.24, 2.45) is 0 Å². The molecule has 26 heavy (non-hydrogen) atoms. The van der Waals surface area contributed by atoms with Crippen LogP contribution in [0.25, 0.3) is 0 Å². The van der Waals surface area contributed by atoms with Crippen LogP contribution in [-0.2, 0) is 19.6 Å². The minimum absolute atomic E-state index is 2.48. The standard InChI is InChI=1S/C8H4F14O4/c9-3(5(11,12)13,6(14,15)16)1-24-26-25-2-23-4(10,7(17,18)19)8(20,21)22/h1-2H2. The quantitative estimate of drug-likeness (QED) is 0.197. The molecule has 0 bridgehead atoms. The van der Waals surface area contributed by atoms with Crippen molar-refractivity contribution in [3.05, 3.63) is 0 Å². The van der Waals surface area contributed by atoms with Gasteiger partial charge in [-0.3, -0.25) is 0 Å². The Morgan fingerprint density at radius 1 is 0.500 bits per heavy atom. The zero-order valence-electron chi connectivity index (χ0n) is 11.3. The lowest BCUT2D eigenvalue weighted by Gasteiger charge is -2.29. The van der Waals surface area contributed by atoms with Crippen molar-refractivity contribution >= 4 is 0 Å². The van der Waals surface area contributed by atoms with Gasteiger partial charge in [0.1, 0.15) is 6.61 Å². The summed E-state index contributed by atoms with van der Waals surface area (Å²) in [4.78, 5) is 5.99. The number of rotatable bonds is 7. The summed E-state index contributed by atoms with van der Waals surface area (Å²) < 4.78 is 172. The Hall–Kier alpha value is -1.14. The van der Waals surface area contributed by atoms with E-state index < -0.39 is 49.6 Å². The zero-order chi connectivity index (χ0) is 21.2. The number of hydrogen-bond acceptors (Lipinski definition) is 4. The third-order valence-electron chi connectivity index (χ3n) is 2.29. The summed E-state index contributed by atoms with van der Waals surface area (Å²) in [5.74, 6) is -6.31. The van der Waals surface area contributed by atoms with Gasteiger partial charge >= 0.3 is 36.2 Å². The first kappa shape index (κ1) is 24.9. The highest BCUT2D eigenvalue weighted by molar-refractivity contribution is 4.94. The van der Waals surface area contributed by atoms with Gasteiger partial charge in [-0.05, 0) is 0 Å². The number of ether oxygens (including phenoxy) is 1. The van der Waals surface area contributed by atoms with Crippen molar-refractivity contribution in [3.63, 3.8) is 0 Å². The molecule has 0 N–H and O–H groups in total. The molecule has 0 fully saturated rings. The highest BCUT2D eigenvalue weighted by atomic mass is 19.4. The van der Waals surface area contributed by atoms with Crippen molar-refractivity contribution < 1.29 is 81.0 Å². The molecule has 0 amide bonds. The number of hydrogen-bond donors (Lipinski definition) is 0. The Morgan fingerprint density at radius 3 is 1.19 bits per heavy atom. The van der Waals surface area contributed by atoms with E-state index in [9.17, 15) is 61.5 Å². The summed E-state index contributed by atoms with van der Waals surface area (Å²) in [6.45, 7) is -5.49. The van der Waals surface area contributed by atoms with E-state index in [1.807, 2.05) is 0 Å². The maximum atomic E-state index is 12.9. The fraction of sp³-hybridized carbons (Fsp3) is 1.00. The summed E-state index contributed by atoms with van der Waals surface area (Å²) in [5, 5.41) is 2.87. The van der Waals surface area contributed by atoms with Gasteiger partial charge in [0.15, 0.2) is 6.79 Å². The van der Waals surface area contributed by atoms with Crippen LogP contribution in [0.3, 0.4) is 0 Å². The van der Waals surface area contributed by atoms with Gasteiger partial charge in [-0.1, -0.05) is 5.04 Å². The molecule has 158 valence electrons. The molecular weight excluding hydrogens is 426 g/mol. The molecule has 18 heteroatoms. The molecule has 0 aromatic carbocycles. The SMILES string of the molecule is FC(F)(F)C(F)(COOOCOC(F)(C(F)(F)F)C(F)(F)F)C(F)(F)F. The van der Waals surface area contributed by atoms with Crippen LogP contribution < -0.4 is 0 Å². The Bertz CT molecular complexity index is 378. The van der Waals surface area contributed by atoms with E-state index >= 15 is 0 Å². The van der Waals surface area contributed by atoms with Gasteiger partial charge in [-0.25, -0.2) is 9.28 Å². The lowest BCUT2D eigenvalue weighted by atomic mass is 10.1. The molecule has 0 rings (SSSR count). The highest BCUT2D eigenvalue weighted by Crippen LogP contribution is 2.47. The molecular formula is C8H4F14O4. The lowest BCUT2D eigenvalue weighted by Crippen LogP contribution is -2.56. The second-order valence-electron chi connectivity index (χ2n) is 4.10. The topological polar surface area (TPSA) is 36.9 Å². The van der Waals surface area contributed by atoms with Gasteiger partial charge in [0.2, 0.25) is 0 Å². The van der Waals surface area contributed by atoms with E-state index in [0.717, 1.165) is 0 Å². The fourth-order valence-corrected chi connectivity index (χ4v) is 0.913. The molecule has 0 saturated carbocycles. The molecule has 4 nitrogen and oxygen atoms in total. The van der Waals surface area contributed by atoms with E-state index in [-0.39, 0.29) is 0 Å². The molecule has 0 aromatic rings. The normalized spacial score (nSPS) is 15.5. The minimum Gasteiger partial charge on any atom is -0.302 e. The number of halogens is 14. The molecule has 0 heterocycles. The summed E-state index contributed by atoms with van der Waals surface area (Å²) >= 11 is 0. The van der Waals surface area contributed by atoms with Crippen molar-refractivity contribution in [1.29, 1.82) is 0 Å². The lowest BCUT2D eigenvalue weighted by molar-refractivity contribution is -0.556. The first-order valence-electron chi connectivity index (χ1n) is 5.40. The van der Waals surface area contributed by atoms with E-state index in [1.165, 1.54) is 0 Å². The van der Waals surface area contributed by atoms with Gasteiger partial charge in [-0.15, -0.1) is 0 Å². The van der Waals surface area contributed by atoms with Crippen molar-refractivity contribution in [1.82, 2.24) is 0 Å². The summed E-state index contributed by atoms with van der Waals surface area (Å²) in [6, 6.07) is 0. The Morgan fingerprint density at radius 2 is 0.885 bits per heavy atom. The molecule has 0 aliphatic rings. The van der Waals surface area contributed by atoms with Crippen LogP contribution in [0, 0.1) is 0 Å². The third-order valence-corrected chi connectivity index (χ3v) is 2.29. The van der Waals surface area contributed by atoms with Gasteiger partial charge in [0, 0.05) is 0 Å². The third kappa shape index (κ3) is 5.19. The molecule has 0 saturated heterocycles. The summed E-state index contributed by atoms with van der Waals surface area (Å²) in [7, 11) is 0. The maximum Gasteiger partial charge on any atom is 0.458 e. The minimum atomic E-state index is -6.70. The van der Waals surface area contributed by atoms with Gasteiger partial charge in [0.25, 0.3) is 0 Å². The van der Waals surface area contributed by atoms with Crippen molar-refractivity contribution in [3.8, 4) is 0 Å². The van der Waals surface area contributed by atoms with Crippen LogP contribution in [0.5, 0.6) is 0 Å². The van der Waals surface area contributed by atoms with Gasteiger partial charge in [-0.2, -0.15) is 62.0 Å². The van der Waals surface area contributed by atoms with Crippen LogP contribution in [0.1, 0.15) is 0 Å². The van der Waals surface area contributed by atoms with E-state index in [4.69, 9.17) is 0 Å². The average Bonchev–Trinajstić information content (AvgIpc) is 2.36.